The number of phenolic OH excluding ortho intramolecular Hbond substituents is 1. The minimum absolute atomic E-state index is 0.0563. The Morgan fingerprint density at radius 3 is 2.31 bits per heavy atom. The molecule has 1 aliphatic heterocycles. The van der Waals surface area contributed by atoms with Gasteiger partial charge in [0.2, 0.25) is 0 Å². The van der Waals surface area contributed by atoms with Crippen LogP contribution in [0.2, 0.25) is 0 Å². The van der Waals surface area contributed by atoms with Crippen molar-refractivity contribution in [2.24, 2.45) is 7.05 Å². The molecular weight excluding hydrogens is 620 g/mol. The van der Waals surface area contributed by atoms with Crippen LogP contribution in [0.3, 0.4) is 0 Å². The van der Waals surface area contributed by atoms with E-state index in [1.807, 2.05) is 24.3 Å². The number of aromatic amines is 1. The summed E-state index contributed by atoms with van der Waals surface area (Å²) in [6, 6.07) is 25.2. The highest BCUT2D eigenvalue weighted by Crippen LogP contribution is 2.33. The molecule has 0 bridgehead atoms. The second-order valence-corrected chi connectivity index (χ2v) is 12.0. The Morgan fingerprint density at radius 1 is 0.898 bits per heavy atom. The van der Waals surface area contributed by atoms with Crippen molar-refractivity contribution in [3.63, 3.8) is 0 Å². The van der Waals surface area contributed by atoms with Crippen LogP contribution >= 0.6 is 0 Å². The quantitative estimate of drug-likeness (QED) is 0.222. The lowest BCUT2D eigenvalue weighted by molar-refractivity contribution is 0.102. The van der Waals surface area contributed by atoms with E-state index in [0.717, 1.165) is 44.0 Å². The second-order valence-electron chi connectivity index (χ2n) is 12.0. The molecule has 0 saturated heterocycles. The summed E-state index contributed by atoms with van der Waals surface area (Å²) in [6.45, 7) is 2.74. The van der Waals surface area contributed by atoms with Crippen LogP contribution in [0.1, 0.15) is 38.2 Å². The number of amides is 1. The van der Waals surface area contributed by atoms with Gasteiger partial charge in [-0.15, -0.1) is 0 Å². The monoisotopic (exact) mass is 658 g/mol. The van der Waals surface area contributed by atoms with E-state index >= 15 is 0 Å². The molecular formula is C39H38N4O6. The number of methoxy groups -OCH3 is 2. The molecule has 0 saturated carbocycles. The molecule has 250 valence electrons. The first-order valence-electron chi connectivity index (χ1n) is 16.0. The summed E-state index contributed by atoms with van der Waals surface area (Å²) < 4.78 is 12.2. The lowest BCUT2D eigenvalue weighted by Crippen LogP contribution is -2.52. The molecule has 1 aliphatic rings. The molecule has 1 amide bonds. The number of fused-ring (bicyclic) bond motifs is 1. The van der Waals surface area contributed by atoms with Crippen molar-refractivity contribution in [3.05, 3.63) is 150 Å². The first-order chi connectivity index (χ1) is 23.7. The Balaban J connectivity index is 1.10. The van der Waals surface area contributed by atoms with Gasteiger partial charge in [0.05, 0.1) is 14.2 Å². The largest absolute Gasteiger partial charge is 0.508 e. The van der Waals surface area contributed by atoms with Gasteiger partial charge in [0, 0.05) is 37.9 Å². The molecule has 2 heterocycles. The van der Waals surface area contributed by atoms with E-state index < -0.39 is 11.1 Å². The molecule has 0 spiro atoms. The van der Waals surface area contributed by atoms with E-state index in [0.29, 0.717) is 22.4 Å². The first kappa shape index (κ1) is 33.0. The molecule has 0 aliphatic carbocycles. The van der Waals surface area contributed by atoms with Gasteiger partial charge in [-0.3, -0.25) is 19.3 Å². The van der Waals surface area contributed by atoms with Gasteiger partial charge in [0.15, 0.2) is 11.5 Å². The highest BCUT2D eigenvalue weighted by atomic mass is 16.5. The van der Waals surface area contributed by atoms with E-state index in [1.54, 1.807) is 56.7 Å². The number of aromatic nitrogens is 2. The highest BCUT2D eigenvalue weighted by Gasteiger charge is 2.19. The third-order valence-electron chi connectivity index (χ3n) is 8.74. The normalized spacial score (nSPS) is 13.6. The molecule has 0 unspecified atom stereocenters. The Labute approximate surface area is 283 Å². The molecule has 10 nitrogen and oxygen atoms in total. The average molecular weight is 659 g/mol. The van der Waals surface area contributed by atoms with Gasteiger partial charge in [-0.05, 0) is 101 Å². The first-order valence-corrected chi connectivity index (χ1v) is 16.0. The van der Waals surface area contributed by atoms with Crippen molar-refractivity contribution in [1.29, 1.82) is 0 Å². The fourth-order valence-corrected chi connectivity index (χ4v) is 6.03. The third kappa shape index (κ3) is 7.66. The summed E-state index contributed by atoms with van der Waals surface area (Å²) in [7, 11) is 4.83. The predicted molar refractivity (Wildman–Crippen MR) is 190 cm³/mol. The lowest BCUT2D eigenvalue weighted by Gasteiger charge is -2.29. The molecule has 5 aromatic rings. The van der Waals surface area contributed by atoms with Crippen molar-refractivity contribution in [2.75, 3.05) is 32.6 Å². The molecule has 49 heavy (non-hydrogen) atoms. The van der Waals surface area contributed by atoms with Gasteiger partial charge in [-0.1, -0.05) is 36.4 Å². The molecule has 6 rings (SSSR count). The number of phenols is 1. The van der Waals surface area contributed by atoms with Crippen molar-refractivity contribution in [3.8, 4) is 17.2 Å². The minimum Gasteiger partial charge on any atom is -0.508 e. The predicted octanol–water partition coefficient (Wildman–Crippen LogP) is 3.31. The molecule has 1 aromatic heterocycles. The van der Waals surface area contributed by atoms with Crippen LogP contribution in [-0.2, 0) is 26.4 Å². The summed E-state index contributed by atoms with van der Waals surface area (Å²) in [5, 5.41) is 12.9. The number of anilines is 1. The fraction of sp³-hybridized carbons (Fsp3) is 0.205. The van der Waals surface area contributed by atoms with Gasteiger partial charge >= 0.3 is 0 Å². The van der Waals surface area contributed by atoms with Gasteiger partial charge in [0.25, 0.3) is 17.0 Å². The zero-order valence-corrected chi connectivity index (χ0v) is 27.7. The minimum atomic E-state index is -0.461. The summed E-state index contributed by atoms with van der Waals surface area (Å²) in [5.41, 5.74) is 5.11. The second kappa shape index (κ2) is 14.5. The number of hydrogen-bond donors (Lipinski definition) is 3. The molecule has 10 heteroatoms. The Kier molecular flexibility index (Phi) is 9.77. The number of carbonyl (C=O) groups is 1. The topological polar surface area (TPSA) is 126 Å². The Bertz CT molecular complexity index is 2260. The van der Waals surface area contributed by atoms with E-state index in [4.69, 9.17) is 9.47 Å². The van der Waals surface area contributed by atoms with Gasteiger partial charge in [-0.2, -0.15) is 0 Å². The van der Waals surface area contributed by atoms with E-state index in [9.17, 15) is 19.5 Å². The number of carbonyl (C=O) groups excluding carboxylic acids is 1. The number of H-pyrrole nitrogens is 1. The molecule has 0 atom stereocenters. The maximum atomic E-state index is 13.1. The Hall–Kier alpha value is -5.87. The number of benzene rings is 4. The van der Waals surface area contributed by atoms with Crippen LogP contribution in [0.4, 0.5) is 5.69 Å². The number of nitrogens with zero attached hydrogens (tertiary/aromatic N) is 2. The Morgan fingerprint density at radius 2 is 1.59 bits per heavy atom. The van der Waals surface area contributed by atoms with Crippen molar-refractivity contribution in [1.82, 2.24) is 14.5 Å². The summed E-state index contributed by atoms with van der Waals surface area (Å²) in [5.74, 6) is 1.28. The van der Waals surface area contributed by atoms with E-state index in [-0.39, 0.29) is 22.4 Å². The van der Waals surface area contributed by atoms with E-state index in [1.165, 1.54) is 46.5 Å². The third-order valence-corrected chi connectivity index (χ3v) is 8.74. The van der Waals surface area contributed by atoms with Crippen molar-refractivity contribution >= 4 is 23.7 Å². The smallest absolute Gasteiger partial charge is 0.274 e. The summed E-state index contributed by atoms with van der Waals surface area (Å²) in [6.07, 6.45) is 4.92. The van der Waals surface area contributed by atoms with Crippen LogP contribution in [0.25, 0.3) is 12.2 Å². The standard InChI is InChI=1S/C39H38N4O6/c1-42-34(21-27-7-5-9-32(44)19-27)38(46)41-33(39(42)47)20-26-6-4-8-29(18-26)37(45)40-31-12-10-25(11-13-31)14-16-43-17-15-28-22-35(48-2)36(49-3)23-30(28)24-43/h4-13,18-23,44H,14-17,24H2,1-3H3,(H,40,45)(H,41,46). The maximum absolute atomic E-state index is 13.1. The molecule has 0 radical (unpaired) electrons. The van der Waals surface area contributed by atoms with Gasteiger partial charge in [0.1, 0.15) is 16.4 Å². The summed E-state index contributed by atoms with van der Waals surface area (Å²) >= 11 is 0. The number of aromatic hydroxyl groups is 1. The number of rotatable bonds is 9. The van der Waals surface area contributed by atoms with Crippen molar-refractivity contribution in [2.45, 2.75) is 19.4 Å². The number of nitrogens with one attached hydrogen (secondary N) is 2. The number of hydrogen-bond acceptors (Lipinski definition) is 7. The number of ether oxygens (including phenoxy) is 2. The fourth-order valence-electron chi connectivity index (χ4n) is 6.03. The van der Waals surface area contributed by atoms with Crippen LogP contribution < -0.4 is 36.6 Å². The van der Waals surface area contributed by atoms with Crippen LogP contribution in [-0.4, -0.2) is 52.8 Å². The van der Waals surface area contributed by atoms with E-state index in [2.05, 4.69) is 27.3 Å². The molecule has 0 fully saturated rings. The van der Waals surface area contributed by atoms with Gasteiger partial charge in [-0.25, -0.2) is 0 Å². The lowest BCUT2D eigenvalue weighted by atomic mass is 9.98. The molecule has 3 N–H and O–H groups in total. The molecule has 4 aromatic carbocycles. The zero-order valence-electron chi connectivity index (χ0n) is 27.7. The summed E-state index contributed by atoms with van der Waals surface area (Å²) in [4.78, 5) is 44.3. The highest BCUT2D eigenvalue weighted by molar-refractivity contribution is 6.04. The zero-order chi connectivity index (χ0) is 34.5. The maximum Gasteiger partial charge on any atom is 0.274 e. The SMILES string of the molecule is COc1cc2c(cc1OC)CN(CCc1ccc(NC(=O)c3cccc(C=c4[nH]c(=O)c(=Cc5cccc(O)c5)n(C)c4=O)c3)cc1)CC2. The van der Waals surface area contributed by atoms with Crippen LogP contribution in [0.5, 0.6) is 17.2 Å². The van der Waals surface area contributed by atoms with Gasteiger partial charge < -0.3 is 29.4 Å². The van der Waals surface area contributed by atoms with Crippen LogP contribution in [0.15, 0.2) is 94.5 Å². The van der Waals surface area contributed by atoms with Crippen LogP contribution in [0, 0.1) is 0 Å². The van der Waals surface area contributed by atoms with Crippen molar-refractivity contribution < 1.29 is 19.4 Å². The average Bonchev–Trinajstić information content (AvgIpc) is 3.11.